The first-order valence-corrected chi connectivity index (χ1v) is 12.5. The number of aryl methyl sites for hydroxylation is 1. The van der Waals surface area contributed by atoms with Crippen LogP contribution in [0, 0.1) is 0 Å². The molecule has 1 amide bonds. The second-order valence-electron chi connectivity index (χ2n) is 7.93. The van der Waals surface area contributed by atoms with Crippen LogP contribution < -0.4 is 20.3 Å². The summed E-state index contributed by atoms with van der Waals surface area (Å²) >= 11 is 2.32. The zero-order valence-corrected chi connectivity index (χ0v) is 22.0. The number of carbonyl (C=O) groups is 1. The summed E-state index contributed by atoms with van der Waals surface area (Å²) in [5, 5.41) is 7.28. The van der Waals surface area contributed by atoms with E-state index >= 15 is 0 Å². The molecule has 2 aromatic heterocycles. The van der Waals surface area contributed by atoms with Gasteiger partial charge in [-0.15, -0.1) is 0 Å². The van der Waals surface area contributed by atoms with Gasteiger partial charge < -0.3 is 24.8 Å². The number of rotatable bonds is 9. The van der Waals surface area contributed by atoms with Crippen LogP contribution in [0.3, 0.4) is 0 Å². The summed E-state index contributed by atoms with van der Waals surface area (Å²) in [7, 11) is 5.60. The van der Waals surface area contributed by atoms with Crippen molar-refractivity contribution in [3.05, 3.63) is 67.5 Å². The van der Waals surface area contributed by atoms with Crippen molar-refractivity contribution in [1.82, 2.24) is 14.5 Å². The number of fused-ring (bicyclic) bond motifs is 1. The van der Waals surface area contributed by atoms with Gasteiger partial charge in [0.15, 0.2) is 0 Å². The van der Waals surface area contributed by atoms with E-state index in [0.29, 0.717) is 23.1 Å². The predicted octanol–water partition coefficient (Wildman–Crippen LogP) is 5.38. The Kier molecular flexibility index (Phi) is 7.54. The Labute approximate surface area is 218 Å². The van der Waals surface area contributed by atoms with Gasteiger partial charge in [0.05, 0.1) is 29.9 Å². The van der Waals surface area contributed by atoms with Gasteiger partial charge in [0, 0.05) is 60.0 Å². The number of alkyl halides is 1. The number of halogens is 1. The third kappa shape index (κ3) is 5.24. The molecule has 2 aromatic carbocycles. The van der Waals surface area contributed by atoms with Gasteiger partial charge in [-0.2, -0.15) is 0 Å². The smallest absolute Gasteiger partial charge is 0.247 e. The van der Waals surface area contributed by atoms with E-state index in [9.17, 15) is 4.79 Å². The van der Waals surface area contributed by atoms with Crippen molar-refractivity contribution in [2.24, 2.45) is 7.05 Å². The number of aromatic nitrogens is 3. The van der Waals surface area contributed by atoms with E-state index in [1.807, 2.05) is 44.4 Å². The van der Waals surface area contributed by atoms with Crippen LogP contribution in [0.2, 0.25) is 0 Å². The van der Waals surface area contributed by atoms with Crippen molar-refractivity contribution in [2.45, 2.75) is 0 Å². The molecule has 0 fully saturated rings. The average molecular weight is 582 g/mol. The number of ether oxygens (including phenoxy) is 1. The maximum Gasteiger partial charge on any atom is 0.247 e. The van der Waals surface area contributed by atoms with E-state index < -0.39 is 0 Å². The molecule has 0 bridgehead atoms. The lowest BCUT2D eigenvalue weighted by Gasteiger charge is -2.24. The first-order chi connectivity index (χ1) is 16.9. The molecule has 9 heteroatoms. The number of hydrogen-bond donors (Lipinski definition) is 2. The highest BCUT2D eigenvalue weighted by Gasteiger charge is 2.17. The summed E-state index contributed by atoms with van der Waals surface area (Å²) in [6.07, 6.45) is 5.04. The zero-order chi connectivity index (χ0) is 24.9. The lowest BCUT2D eigenvalue weighted by molar-refractivity contribution is -0.111. The van der Waals surface area contributed by atoms with Crippen molar-refractivity contribution in [3.8, 4) is 17.0 Å². The van der Waals surface area contributed by atoms with E-state index in [1.165, 1.54) is 6.08 Å². The lowest BCUT2D eigenvalue weighted by Crippen LogP contribution is -2.22. The molecule has 0 radical (unpaired) electrons. The maximum atomic E-state index is 12.1. The number of amides is 1. The van der Waals surface area contributed by atoms with Crippen LogP contribution in [0.4, 0.5) is 23.0 Å². The minimum Gasteiger partial charge on any atom is -0.494 e. The summed E-state index contributed by atoms with van der Waals surface area (Å²) in [5.74, 6) is 0.735. The number of anilines is 4. The van der Waals surface area contributed by atoms with Crippen LogP contribution in [-0.2, 0) is 11.8 Å². The van der Waals surface area contributed by atoms with Crippen molar-refractivity contribution in [1.29, 1.82) is 0 Å². The Morgan fingerprint density at radius 1 is 1.26 bits per heavy atom. The van der Waals surface area contributed by atoms with Gasteiger partial charge >= 0.3 is 0 Å². The average Bonchev–Trinajstić information content (AvgIpc) is 3.21. The van der Waals surface area contributed by atoms with Gasteiger partial charge in [-0.3, -0.25) is 4.79 Å². The SMILES string of the molecule is C=CC(=O)Nc1cc(Nc2nccc(-c3cn(C)c4ccccc34)n2)c(OC)cc1N(C)CCI. The quantitative estimate of drug-likeness (QED) is 0.157. The predicted molar refractivity (Wildman–Crippen MR) is 151 cm³/mol. The molecular weight excluding hydrogens is 555 g/mol. The molecule has 0 aliphatic carbocycles. The van der Waals surface area contributed by atoms with Crippen molar-refractivity contribution < 1.29 is 9.53 Å². The van der Waals surface area contributed by atoms with Crippen molar-refractivity contribution >= 4 is 62.4 Å². The van der Waals surface area contributed by atoms with E-state index in [-0.39, 0.29) is 5.91 Å². The summed E-state index contributed by atoms with van der Waals surface area (Å²) < 4.78 is 8.68. The fourth-order valence-corrected chi connectivity index (χ4v) is 4.64. The topological polar surface area (TPSA) is 84.3 Å². The number of para-hydroxylation sites is 1. The highest BCUT2D eigenvalue weighted by atomic mass is 127. The number of benzene rings is 2. The lowest BCUT2D eigenvalue weighted by atomic mass is 10.1. The van der Waals surface area contributed by atoms with Crippen LogP contribution in [-0.4, -0.2) is 45.6 Å². The Morgan fingerprint density at radius 2 is 2.06 bits per heavy atom. The molecule has 2 heterocycles. The number of nitrogens with one attached hydrogen (secondary N) is 2. The highest BCUT2D eigenvalue weighted by molar-refractivity contribution is 14.1. The number of methoxy groups -OCH3 is 1. The molecule has 35 heavy (non-hydrogen) atoms. The van der Waals surface area contributed by atoms with Gasteiger partial charge in [0.2, 0.25) is 11.9 Å². The van der Waals surface area contributed by atoms with Gasteiger partial charge in [0.1, 0.15) is 5.75 Å². The van der Waals surface area contributed by atoms with Crippen molar-refractivity contribution in [3.63, 3.8) is 0 Å². The molecule has 4 rings (SSSR count). The van der Waals surface area contributed by atoms with Crippen LogP contribution >= 0.6 is 22.6 Å². The Morgan fingerprint density at radius 3 is 2.80 bits per heavy atom. The van der Waals surface area contributed by atoms with Gasteiger partial charge in [0.25, 0.3) is 0 Å². The Balaban J connectivity index is 1.73. The van der Waals surface area contributed by atoms with Crippen LogP contribution in [0.15, 0.2) is 67.5 Å². The fourth-order valence-electron chi connectivity index (χ4n) is 3.92. The van der Waals surface area contributed by atoms with E-state index in [0.717, 1.165) is 38.8 Å². The fraction of sp³-hybridized carbons (Fsp3) is 0.192. The standard InChI is InChI=1S/C26H27IN6O2/c1-5-25(34)29-20-14-21(24(35-4)15-23(20)32(2)13-11-27)31-26-28-12-10-19(30-26)18-16-33(3)22-9-7-6-8-17(18)22/h5-10,12,14-16H,1,11,13H2,2-4H3,(H,29,34)(H,28,30,31). The molecule has 0 aliphatic rings. The van der Waals surface area contributed by atoms with Gasteiger partial charge in [-0.25, -0.2) is 9.97 Å². The summed E-state index contributed by atoms with van der Waals surface area (Å²) in [6.45, 7) is 4.37. The van der Waals surface area contributed by atoms with Crippen LogP contribution in [0.25, 0.3) is 22.2 Å². The molecule has 0 saturated heterocycles. The molecule has 0 spiro atoms. The monoisotopic (exact) mass is 582 g/mol. The molecule has 0 aliphatic heterocycles. The van der Waals surface area contributed by atoms with Gasteiger partial charge in [-0.05, 0) is 24.3 Å². The second kappa shape index (κ2) is 10.8. The Hall–Kier alpha value is -3.60. The minimum absolute atomic E-state index is 0.292. The van der Waals surface area contributed by atoms with Crippen LogP contribution in [0.1, 0.15) is 0 Å². The highest BCUT2D eigenvalue weighted by Crippen LogP contribution is 2.38. The summed E-state index contributed by atoms with van der Waals surface area (Å²) in [4.78, 5) is 23.4. The van der Waals surface area contributed by atoms with Crippen molar-refractivity contribution in [2.75, 3.05) is 40.7 Å². The van der Waals surface area contributed by atoms with Gasteiger partial charge in [-0.1, -0.05) is 47.4 Å². The zero-order valence-electron chi connectivity index (χ0n) is 19.9. The molecule has 180 valence electrons. The van der Waals surface area contributed by atoms with Crippen LogP contribution in [0.5, 0.6) is 5.75 Å². The minimum atomic E-state index is -0.292. The molecular formula is C26H27IN6O2. The molecule has 4 aromatic rings. The van der Waals surface area contributed by atoms with E-state index in [1.54, 1.807) is 13.3 Å². The summed E-state index contributed by atoms with van der Waals surface area (Å²) in [6, 6.07) is 13.8. The maximum absolute atomic E-state index is 12.1. The first-order valence-electron chi connectivity index (χ1n) is 11.0. The normalized spacial score (nSPS) is 10.7. The van der Waals surface area contributed by atoms with E-state index in [2.05, 4.69) is 72.6 Å². The molecule has 8 nitrogen and oxygen atoms in total. The molecule has 2 N–H and O–H groups in total. The number of carbonyl (C=O) groups excluding carboxylic acids is 1. The molecule has 0 atom stereocenters. The van der Waals surface area contributed by atoms with E-state index in [4.69, 9.17) is 9.72 Å². The first kappa shape index (κ1) is 24.5. The number of nitrogens with zero attached hydrogens (tertiary/aromatic N) is 4. The largest absolute Gasteiger partial charge is 0.494 e. The molecule has 0 saturated carbocycles. The second-order valence-corrected chi connectivity index (χ2v) is 9.01. The Bertz CT molecular complexity index is 1380. The third-order valence-corrected chi connectivity index (χ3v) is 6.15. The third-order valence-electron chi connectivity index (χ3n) is 5.67. The number of hydrogen-bond acceptors (Lipinski definition) is 6. The summed E-state index contributed by atoms with van der Waals surface area (Å²) in [5.41, 5.74) is 5.06. The molecule has 0 unspecified atom stereocenters.